The molecule has 19 heavy (non-hydrogen) atoms. The maximum Gasteiger partial charge on any atom is 0.137 e. The van der Waals surface area contributed by atoms with Crippen LogP contribution >= 0.6 is 0 Å². The first-order chi connectivity index (χ1) is 9.24. The topological polar surface area (TPSA) is 37.8 Å². The van der Waals surface area contributed by atoms with Crippen molar-refractivity contribution in [1.82, 2.24) is 9.97 Å². The molecule has 0 unspecified atom stereocenters. The first-order valence-electron chi connectivity index (χ1n) is 6.94. The molecule has 3 nitrogen and oxygen atoms in total. The predicted octanol–water partition coefficient (Wildman–Crippen LogP) is 3.83. The van der Waals surface area contributed by atoms with Gasteiger partial charge in [0.05, 0.1) is 0 Å². The highest BCUT2D eigenvalue weighted by molar-refractivity contribution is 5.61. The number of anilines is 2. The summed E-state index contributed by atoms with van der Waals surface area (Å²) in [7, 11) is 0. The zero-order valence-corrected chi connectivity index (χ0v) is 11.5. The first-order valence-corrected chi connectivity index (χ1v) is 6.94. The number of rotatable bonds is 3. The molecule has 1 aliphatic rings. The van der Waals surface area contributed by atoms with Gasteiger partial charge in [0.25, 0.3) is 0 Å². The van der Waals surface area contributed by atoms with Gasteiger partial charge < -0.3 is 5.32 Å². The van der Waals surface area contributed by atoms with Gasteiger partial charge in [-0.15, -0.1) is 0 Å². The highest BCUT2D eigenvalue weighted by Crippen LogP contribution is 2.27. The highest BCUT2D eigenvalue weighted by Gasteiger charge is 2.16. The first kappa shape index (κ1) is 12.2. The average molecular weight is 253 g/mol. The summed E-state index contributed by atoms with van der Waals surface area (Å²) in [4.78, 5) is 8.73. The highest BCUT2D eigenvalue weighted by atomic mass is 15.0. The molecule has 0 bridgehead atoms. The van der Waals surface area contributed by atoms with Crippen molar-refractivity contribution in [1.29, 1.82) is 0 Å². The van der Waals surface area contributed by atoms with Gasteiger partial charge in [0.1, 0.15) is 12.1 Å². The van der Waals surface area contributed by atoms with Gasteiger partial charge in [-0.1, -0.05) is 26.0 Å². The number of hydrogen-bond acceptors (Lipinski definition) is 3. The SMILES string of the molecule is CC(C)c1ccc(Nc2ncnc3c2CCC3)cc1. The van der Waals surface area contributed by atoms with Crippen LogP contribution in [0.3, 0.4) is 0 Å². The molecule has 3 heteroatoms. The third kappa shape index (κ3) is 2.46. The molecule has 98 valence electrons. The van der Waals surface area contributed by atoms with Crippen LogP contribution in [0.5, 0.6) is 0 Å². The fourth-order valence-corrected chi connectivity index (χ4v) is 2.56. The Morgan fingerprint density at radius 3 is 2.58 bits per heavy atom. The molecule has 0 fully saturated rings. The Labute approximate surface area is 114 Å². The Kier molecular flexibility index (Phi) is 3.20. The number of hydrogen-bond donors (Lipinski definition) is 1. The molecule has 0 spiro atoms. The van der Waals surface area contributed by atoms with E-state index in [9.17, 15) is 0 Å². The van der Waals surface area contributed by atoms with E-state index in [4.69, 9.17) is 0 Å². The van der Waals surface area contributed by atoms with Crippen LogP contribution in [-0.4, -0.2) is 9.97 Å². The average Bonchev–Trinajstić information content (AvgIpc) is 2.89. The molecule has 1 N–H and O–H groups in total. The minimum absolute atomic E-state index is 0.567. The smallest absolute Gasteiger partial charge is 0.137 e. The summed E-state index contributed by atoms with van der Waals surface area (Å²) in [5, 5.41) is 3.42. The van der Waals surface area contributed by atoms with Crippen molar-refractivity contribution in [3.05, 3.63) is 47.4 Å². The third-order valence-corrected chi connectivity index (χ3v) is 3.72. The van der Waals surface area contributed by atoms with Crippen LogP contribution in [0.2, 0.25) is 0 Å². The molecule has 0 aliphatic heterocycles. The lowest BCUT2D eigenvalue weighted by Crippen LogP contribution is -2.00. The molecule has 1 aromatic carbocycles. The van der Waals surface area contributed by atoms with Crippen LogP contribution in [0, 0.1) is 0 Å². The molecule has 0 saturated heterocycles. The molecule has 1 aromatic heterocycles. The van der Waals surface area contributed by atoms with E-state index in [1.54, 1.807) is 6.33 Å². The zero-order chi connectivity index (χ0) is 13.2. The van der Waals surface area contributed by atoms with Crippen molar-refractivity contribution >= 4 is 11.5 Å². The molecular formula is C16H19N3. The molecular weight excluding hydrogens is 234 g/mol. The van der Waals surface area contributed by atoms with E-state index < -0.39 is 0 Å². The number of aryl methyl sites for hydroxylation is 1. The lowest BCUT2D eigenvalue weighted by molar-refractivity contribution is 0.867. The summed E-state index contributed by atoms with van der Waals surface area (Å²) in [5.74, 6) is 1.54. The second kappa shape index (κ2) is 5.00. The van der Waals surface area contributed by atoms with E-state index in [2.05, 4.69) is 53.4 Å². The van der Waals surface area contributed by atoms with Crippen LogP contribution in [0.25, 0.3) is 0 Å². The molecule has 0 radical (unpaired) electrons. The number of benzene rings is 1. The van der Waals surface area contributed by atoms with Crippen LogP contribution in [-0.2, 0) is 12.8 Å². The molecule has 0 atom stereocenters. The molecule has 1 aliphatic carbocycles. The van der Waals surface area contributed by atoms with Gasteiger partial charge in [0.15, 0.2) is 0 Å². The fourth-order valence-electron chi connectivity index (χ4n) is 2.56. The Balaban J connectivity index is 1.84. The van der Waals surface area contributed by atoms with E-state index in [0.717, 1.165) is 24.3 Å². The molecule has 0 amide bonds. The van der Waals surface area contributed by atoms with E-state index in [0.29, 0.717) is 5.92 Å². The van der Waals surface area contributed by atoms with Gasteiger partial charge >= 0.3 is 0 Å². The maximum absolute atomic E-state index is 4.38. The molecule has 0 saturated carbocycles. The van der Waals surface area contributed by atoms with Crippen molar-refractivity contribution in [2.45, 2.75) is 39.0 Å². The van der Waals surface area contributed by atoms with E-state index in [-0.39, 0.29) is 0 Å². The second-order valence-corrected chi connectivity index (χ2v) is 5.40. The quantitative estimate of drug-likeness (QED) is 0.903. The normalized spacial score (nSPS) is 13.6. The summed E-state index contributed by atoms with van der Waals surface area (Å²) in [5.41, 5.74) is 4.95. The molecule has 3 rings (SSSR count). The van der Waals surface area contributed by atoms with Crippen LogP contribution in [0.4, 0.5) is 11.5 Å². The van der Waals surface area contributed by atoms with Crippen molar-refractivity contribution in [2.24, 2.45) is 0 Å². The monoisotopic (exact) mass is 253 g/mol. The van der Waals surface area contributed by atoms with Gasteiger partial charge in [-0.25, -0.2) is 9.97 Å². The fraction of sp³-hybridized carbons (Fsp3) is 0.375. The summed E-state index contributed by atoms with van der Waals surface area (Å²) in [6.45, 7) is 4.42. The molecule has 2 aromatic rings. The number of fused-ring (bicyclic) bond motifs is 1. The number of nitrogens with zero attached hydrogens (tertiary/aromatic N) is 2. The largest absolute Gasteiger partial charge is 0.340 e. The zero-order valence-electron chi connectivity index (χ0n) is 11.5. The maximum atomic E-state index is 4.38. The minimum Gasteiger partial charge on any atom is -0.340 e. The summed E-state index contributed by atoms with van der Waals surface area (Å²) < 4.78 is 0. The van der Waals surface area contributed by atoms with E-state index in [1.165, 1.54) is 23.2 Å². The summed E-state index contributed by atoms with van der Waals surface area (Å²) >= 11 is 0. The lowest BCUT2D eigenvalue weighted by atomic mass is 10.0. The van der Waals surface area contributed by atoms with Gasteiger partial charge in [0, 0.05) is 16.9 Å². The van der Waals surface area contributed by atoms with Crippen LogP contribution < -0.4 is 5.32 Å². The van der Waals surface area contributed by atoms with Crippen molar-refractivity contribution in [2.75, 3.05) is 5.32 Å². The van der Waals surface area contributed by atoms with Crippen LogP contribution in [0.15, 0.2) is 30.6 Å². The third-order valence-electron chi connectivity index (χ3n) is 3.72. The van der Waals surface area contributed by atoms with Crippen molar-refractivity contribution in [3.63, 3.8) is 0 Å². The lowest BCUT2D eigenvalue weighted by Gasteiger charge is -2.11. The van der Waals surface area contributed by atoms with Gasteiger partial charge in [0.2, 0.25) is 0 Å². The Morgan fingerprint density at radius 1 is 1.05 bits per heavy atom. The van der Waals surface area contributed by atoms with Crippen molar-refractivity contribution < 1.29 is 0 Å². The number of aromatic nitrogens is 2. The standard InChI is InChI=1S/C16H19N3/c1-11(2)12-6-8-13(9-7-12)19-16-14-4-3-5-15(14)17-10-18-16/h6-11H,3-5H2,1-2H3,(H,17,18,19). The second-order valence-electron chi connectivity index (χ2n) is 5.40. The van der Waals surface area contributed by atoms with E-state index in [1.807, 2.05) is 0 Å². The molecule has 1 heterocycles. The Bertz CT molecular complexity index is 573. The van der Waals surface area contributed by atoms with Crippen molar-refractivity contribution in [3.8, 4) is 0 Å². The summed E-state index contributed by atoms with van der Waals surface area (Å²) in [6, 6.07) is 8.60. The Morgan fingerprint density at radius 2 is 1.84 bits per heavy atom. The van der Waals surface area contributed by atoms with E-state index >= 15 is 0 Å². The summed E-state index contributed by atoms with van der Waals surface area (Å²) in [6.07, 6.45) is 5.02. The van der Waals surface area contributed by atoms with Gasteiger partial charge in [-0.2, -0.15) is 0 Å². The van der Waals surface area contributed by atoms with Gasteiger partial charge in [-0.05, 0) is 42.9 Å². The van der Waals surface area contributed by atoms with Crippen LogP contribution in [0.1, 0.15) is 43.0 Å². The minimum atomic E-state index is 0.567. The Hall–Kier alpha value is -1.90. The van der Waals surface area contributed by atoms with Gasteiger partial charge in [-0.3, -0.25) is 0 Å². The predicted molar refractivity (Wildman–Crippen MR) is 77.9 cm³/mol. The number of nitrogens with one attached hydrogen (secondary N) is 1.